The largest absolute Gasteiger partial charge is 0.383 e. The van der Waals surface area contributed by atoms with E-state index in [1.165, 1.54) is 36.9 Å². The topological polar surface area (TPSA) is 53.5 Å². The van der Waals surface area contributed by atoms with Crippen LogP contribution in [0.2, 0.25) is 0 Å². The van der Waals surface area contributed by atoms with E-state index in [1.54, 1.807) is 13.3 Å². The molecule has 0 bridgehead atoms. The third kappa shape index (κ3) is 4.87. The van der Waals surface area contributed by atoms with Crippen molar-refractivity contribution in [1.82, 2.24) is 14.9 Å². The third-order valence-electron chi connectivity index (χ3n) is 6.23. The van der Waals surface area contributed by atoms with Gasteiger partial charge >= 0.3 is 0 Å². The van der Waals surface area contributed by atoms with Gasteiger partial charge in [0.2, 0.25) is 5.95 Å². The molecule has 1 fully saturated rings. The Morgan fingerprint density at radius 3 is 2.76 bits per heavy atom. The Morgan fingerprint density at radius 2 is 2.00 bits per heavy atom. The smallest absolute Gasteiger partial charge is 0.224 e. The van der Waals surface area contributed by atoms with Crippen molar-refractivity contribution in [3.8, 4) is 0 Å². The number of anilines is 2. The molecule has 1 aromatic carbocycles. The molecule has 1 aromatic heterocycles. The van der Waals surface area contributed by atoms with Gasteiger partial charge in [-0.05, 0) is 36.8 Å². The highest BCUT2D eigenvalue weighted by molar-refractivity contribution is 5.42. The average Bonchev–Trinajstić information content (AvgIpc) is 2.79. The lowest BCUT2D eigenvalue weighted by molar-refractivity contribution is 0.153. The van der Waals surface area contributed by atoms with Crippen molar-refractivity contribution >= 4 is 11.8 Å². The Balaban J connectivity index is 1.33. The zero-order chi connectivity index (χ0) is 20.1. The molecule has 1 unspecified atom stereocenters. The first-order chi connectivity index (χ1) is 14.3. The molecule has 6 heteroatoms. The van der Waals surface area contributed by atoms with E-state index >= 15 is 0 Å². The van der Waals surface area contributed by atoms with Gasteiger partial charge in [0.05, 0.1) is 12.6 Å². The predicted octanol–water partition coefficient (Wildman–Crippen LogP) is 3.14. The minimum Gasteiger partial charge on any atom is -0.383 e. The molecular weight excluding hydrogens is 362 g/mol. The molecule has 29 heavy (non-hydrogen) atoms. The highest BCUT2D eigenvalue weighted by Crippen LogP contribution is 2.26. The molecule has 2 aromatic rings. The normalized spacial score (nSPS) is 19.0. The summed E-state index contributed by atoms with van der Waals surface area (Å²) in [7, 11) is 1.72. The van der Waals surface area contributed by atoms with E-state index < -0.39 is 0 Å². The van der Waals surface area contributed by atoms with Crippen molar-refractivity contribution in [1.29, 1.82) is 0 Å². The van der Waals surface area contributed by atoms with E-state index in [-0.39, 0.29) is 6.04 Å². The quantitative estimate of drug-likeness (QED) is 0.779. The van der Waals surface area contributed by atoms with Crippen molar-refractivity contribution in [2.75, 3.05) is 43.6 Å². The maximum absolute atomic E-state index is 5.26. The van der Waals surface area contributed by atoms with Crippen LogP contribution in [0.3, 0.4) is 0 Å². The summed E-state index contributed by atoms with van der Waals surface area (Å²) in [4.78, 5) is 14.1. The fourth-order valence-electron chi connectivity index (χ4n) is 4.46. The number of rotatable bonds is 7. The molecule has 1 N–H and O–H groups in total. The van der Waals surface area contributed by atoms with Crippen LogP contribution in [0.25, 0.3) is 0 Å². The summed E-state index contributed by atoms with van der Waals surface area (Å²) < 4.78 is 5.26. The Labute approximate surface area is 174 Å². The first-order valence-corrected chi connectivity index (χ1v) is 10.8. The van der Waals surface area contributed by atoms with Gasteiger partial charge in [0.1, 0.15) is 5.82 Å². The SMILES string of the molecule is CCC(COC)Nc1nc[c]c(N2CCC(N3CCc4ccccc4C3)CC2)n1. The Bertz CT molecular complexity index is 790. The summed E-state index contributed by atoms with van der Waals surface area (Å²) in [5.41, 5.74) is 3.03. The molecule has 0 amide bonds. The van der Waals surface area contributed by atoms with E-state index in [1.807, 2.05) is 0 Å². The molecule has 0 spiro atoms. The number of aromatic nitrogens is 2. The number of piperidine rings is 1. The molecule has 3 heterocycles. The van der Waals surface area contributed by atoms with Crippen molar-refractivity contribution in [2.45, 2.75) is 51.2 Å². The van der Waals surface area contributed by atoms with Crippen molar-refractivity contribution in [3.63, 3.8) is 0 Å². The summed E-state index contributed by atoms with van der Waals surface area (Å²) in [6.07, 6.45) is 6.21. The van der Waals surface area contributed by atoms with Crippen LogP contribution < -0.4 is 10.2 Å². The van der Waals surface area contributed by atoms with Crippen LogP contribution in [-0.4, -0.2) is 60.3 Å². The summed E-state index contributed by atoms with van der Waals surface area (Å²) in [5.74, 6) is 1.56. The van der Waals surface area contributed by atoms with E-state index in [2.05, 4.69) is 57.4 Å². The molecule has 1 saturated heterocycles. The molecule has 2 aliphatic rings. The van der Waals surface area contributed by atoms with Crippen LogP contribution in [0.15, 0.2) is 30.5 Å². The summed E-state index contributed by atoms with van der Waals surface area (Å²) in [6, 6.07) is 13.0. The second-order valence-corrected chi connectivity index (χ2v) is 8.07. The van der Waals surface area contributed by atoms with Crippen LogP contribution in [0, 0.1) is 6.07 Å². The Kier molecular flexibility index (Phi) is 6.62. The lowest BCUT2D eigenvalue weighted by Gasteiger charge is -2.41. The van der Waals surface area contributed by atoms with Gasteiger partial charge in [0.15, 0.2) is 0 Å². The van der Waals surface area contributed by atoms with E-state index in [9.17, 15) is 0 Å². The standard InChI is InChI=1S/C23H32N5O/c1-3-20(17-29-2)25-23-24-12-8-22(26-23)27-14-10-21(11-15-27)28-13-9-18-6-4-5-7-19(18)16-28/h4-7,12,20-21H,3,9-11,13-17H2,1-2H3,(H,24,25,26). The summed E-state index contributed by atoms with van der Waals surface area (Å²) >= 11 is 0. The highest BCUT2D eigenvalue weighted by Gasteiger charge is 2.27. The Hall–Kier alpha value is -2.18. The fourth-order valence-corrected chi connectivity index (χ4v) is 4.46. The highest BCUT2D eigenvalue weighted by atomic mass is 16.5. The van der Waals surface area contributed by atoms with Gasteiger partial charge in [-0.1, -0.05) is 31.2 Å². The van der Waals surface area contributed by atoms with Crippen LogP contribution in [0.5, 0.6) is 0 Å². The van der Waals surface area contributed by atoms with E-state index in [0.717, 1.165) is 31.9 Å². The molecule has 0 saturated carbocycles. The number of fused-ring (bicyclic) bond motifs is 1. The van der Waals surface area contributed by atoms with E-state index in [4.69, 9.17) is 9.72 Å². The van der Waals surface area contributed by atoms with Gasteiger partial charge in [0, 0.05) is 51.6 Å². The van der Waals surface area contributed by atoms with Crippen LogP contribution >= 0.6 is 0 Å². The van der Waals surface area contributed by atoms with E-state index in [0.29, 0.717) is 18.6 Å². The van der Waals surface area contributed by atoms with Crippen molar-refractivity contribution < 1.29 is 4.74 Å². The minimum absolute atomic E-state index is 0.225. The molecular formula is C23H32N5O. The fraction of sp³-hybridized carbons (Fsp3) is 0.565. The minimum atomic E-state index is 0.225. The van der Waals surface area contributed by atoms with Gasteiger partial charge in [-0.15, -0.1) is 0 Å². The van der Waals surface area contributed by atoms with Gasteiger partial charge in [-0.2, -0.15) is 4.98 Å². The van der Waals surface area contributed by atoms with Crippen LogP contribution in [-0.2, 0) is 17.7 Å². The van der Waals surface area contributed by atoms with Crippen molar-refractivity contribution in [2.24, 2.45) is 0 Å². The molecule has 155 valence electrons. The lowest BCUT2D eigenvalue weighted by atomic mass is 9.95. The second-order valence-electron chi connectivity index (χ2n) is 8.07. The summed E-state index contributed by atoms with van der Waals surface area (Å²) in [5, 5.41) is 3.38. The predicted molar refractivity (Wildman–Crippen MR) is 116 cm³/mol. The zero-order valence-electron chi connectivity index (χ0n) is 17.6. The average molecular weight is 395 g/mol. The molecule has 4 rings (SSSR count). The number of ether oxygens (including phenoxy) is 1. The number of nitrogens with zero attached hydrogens (tertiary/aromatic N) is 4. The van der Waals surface area contributed by atoms with Gasteiger partial charge in [-0.25, -0.2) is 4.98 Å². The Morgan fingerprint density at radius 1 is 1.21 bits per heavy atom. The number of hydrogen-bond donors (Lipinski definition) is 1. The van der Waals surface area contributed by atoms with Gasteiger partial charge < -0.3 is 15.0 Å². The van der Waals surface area contributed by atoms with Gasteiger partial charge in [0.25, 0.3) is 0 Å². The molecule has 1 radical (unpaired) electrons. The first-order valence-electron chi connectivity index (χ1n) is 10.8. The summed E-state index contributed by atoms with van der Waals surface area (Å²) in [6.45, 7) is 7.09. The molecule has 0 aliphatic carbocycles. The first kappa shape index (κ1) is 20.1. The third-order valence-corrected chi connectivity index (χ3v) is 6.23. The van der Waals surface area contributed by atoms with Crippen molar-refractivity contribution in [3.05, 3.63) is 47.7 Å². The zero-order valence-corrected chi connectivity index (χ0v) is 17.6. The number of benzene rings is 1. The molecule has 1 atom stereocenters. The maximum atomic E-state index is 5.26. The molecule has 6 nitrogen and oxygen atoms in total. The monoisotopic (exact) mass is 394 g/mol. The second kappa shape index (κ2) is 9.55. The van der Waals surface area contributed by atoms with Crippen LogP contribution in [0.4, 0.5) is 11.8 Å². The number of methoxy groups -OCH3 is 1. The number of nitrogens with one attached hydrogen (secondary N) is 1. The van der Waals surface area contributed by atoms with Crippen LogP contribution in [0.1, 0.15) is 37.3 Å². The molecule has 2 aliphatic heterocycles. The lowest BCUT2D eigenvalue weighted by Crippen LogP contribution is -2.46. The number of hydrogen-bond acceptors (Lipinski definition) is 6. The van der Waals surface area contributed by atoms with Gasteiger partial charge in [-0.3, -0.25) is 4.90 Å². The maximum Gasteiger partial charge on any atom is 0.224 e.